The molecular weight excluding hydrogens is 170 g/mol. The fraction of sp³-hybridized carbons (Fsp3) is 0.333. The molecule has 1 aromatic rings. The largest absolute Gasteiger partial charge is 0.302 e. The molecule has 1 aromatic heterocycles. The zero-order valence-corrected chi connectivity index (χ0v) is 7.23. The maximum absolute atomic E-state index is 10.7. The third-order valence-corrected chi connectivity index (χ3v) is 3.38. The minimum absolute atomic E-state index is 0.209. The molecule has 0 unspecified atom stereocenters. The molecule has 0 N–H and O–H groups in total. The molecule has 0 bridgehead atoms. The van der Waals surface area contributed by atoms with Gasteiger partial charge in [-0.1, -0.05) is 0 Å². The van der Waals surface area contributed by atoms with E-state index in [1.165, 1.54) is 11.3 Å². The first-order valence-corrected chi connectivity index (χ1v) is 4.64. The Bertz CT molecular complexity index is 357. The summed E-state index contributed by atoms with van der Waals surface area (Å²) in [4.78, 5) is 11.8. The third kappa shape index (κ3) is 0.961. The summed E-state index contributed by atoms with van der Waals surface area (Å²) in [6.07, 6.45) is 2.91. The number of nitriles is 1. The van der Waals surface area contributed by atoms with E-state index in [0.29, 0.717) is 5.56 Å². The SMILES string of the molecule is N#Cc1csc(C2(C=O)CC2)c1. The number of carbonyl (C=O) groups excluding carboxylic acids is 1. The van der Waals surface area contributed by atoms with Gasteiger partial charge in [0.1, 0.15) is 12.4 Å². The monoisotopic (exact) mass is 177 g/mol. The fourth-order valence-electron chi connectivity index (χ4n) is 1.21. The van der Waals surface area contributed by atoms with Gasteiger partial charge in [-0.25, -0.2) is 0 Å². The third-order valence-electron chi connectivity index (χ3n) is 2.23. The normalized spacial score (nSPS) is 18.2. The van der Waals surface area contributed by atoms with Crippen molar-refractivity contribution in [2.75, 3.05) is 0 Å². The van der Waals surface area contributed by atoms with Crippen molar-refractivity contribution in [1.29, 1.82) is 5.26 Å². The van der Waals surface area contributed by atoms with Crippen molar-refractivity contribution in [1.82, 2.24) is 0 Å². The van der Waals surface area contributed by atoms with E-state index in [2.05, 4.69) is 6.07 Å². The summed E-state index contributed by atoms with van der Waals surface area (Å²) in [6.45, 7) is 0. The van der Waals surface area contributed by atoms with Gasteiger partial charge in [-0.3, -0.25) is 0 Å². The van der Waals surface area contributed by atoms with Crippen LogP contribution in [0.4, 0.5) is 0 Å². The van der Waals surface area contributed by atoms with Crippen LogP contribution in [0.25, 0.3) is 0 Å². The second-order valence-electron chi connectivity index (χ2n) is 3.09. The van der Waals surface area contributed by atoms with Gasteiger partial charge in [0, 0.05) is 10.3 Å². The molecule has 1 aliphatic carbocycles. The molecule has 1 aliphatic rings. The van der Waals surface area contributed by atoms with Crippen LogP contribution in [-0.4, -0.2) is 6.29 Å². The van der Waals surface area contributed by atoms with Crippen molar-refractivity contribution in [2.45, 2.75) is 18.3 Å². The summed E-state index contributed by atoms with van der Waals surface area (Å²) in [6, 6.07) is 3.89. The standard InChI is InChI=1S/C9H7NOS/c10-4-7-3-8(12-5-7)9(6-11)1-2-9/h3,5-6H,1-2H2. The molecule has 0 aromatic carbocycles. The lowest BCUT2D eigenvalue weighted by molar-refractivity contribution is -0.109. The van der Waals surface area contributed by atoms with E-state index in [9.17, 15) is 4.79 Å². The predicted molar refractivity (Wildman–Crippen MR) is 46.0 cm³/mol. The molecule has 1 fully saturated rings. The summed E-state index contributed by atoms with van der Waals surface area (Å²) in [5.41, 5.74) is 0.461. The van der Waals surface area contributed by atoms with Gasteiger partial charge < -0.3 is 4.79 Å². The molecule has 3 heteroatoms. The lowest BCUT2D eigenvalue weighted by Gasteiger charge is -1.99. The molecule has 0 aliphatic heterocycles. The van der Waals surface area contributed by atoms with Gasteiger partial charge in [0.25, 0.3) is 0 Å². The van der Waals surface area contributed by atoms with Crippen LogP contribution in [0, 0.1) is 11.3 Å². The number of hydrogen-bond donors (Lipinski definition) is 0. The predicted octanol–water partition coefficient (Wildman–Crippen LogP) is 1.85. The summed E-state index contributed by atoms with van der Waals surface area (Å²) >= 11 is 1.51. The molecule has 0 spiro atoms. The van der Waals surface area contributed by atoms with Crippen molar-refractivity contribution < 1.29 is 4.79 Å². The summed E-state index contributed by atoms with van der Waals surface area (Å²) < 4.78 is 0. The first-order chi connectivity index (χ1) is 5.80. The summed E-state index contributed by atoms with van der Waals surface area (Å²) in [5.74, 6) is 0. The Kier molecular flexibility index (Phi) is 1.52. The smallest absolute Gasteiger partial charge is 0.131 e. The van der Waals surface area contributed by atoms with Gasteiger partial charge >= 0.3 is 0 Å². The van der Waals surface area contributed by atoms with E-state index in [1.807, 2.05) is 6.07 Å². The average molecular weight is 177 g/mol. The quantitative estimate of drug-likeness (QED) is 0.647. The second kappa shape index (κ2) is 2.43. The number of hydrogen-bond acceptors (Lipinski definition) is 3. The van der Waals surface area contributed by atoms with Crippen molar-refractivity contribution in [2.24, 2.45) is 0 Å². The molecule has 1 saturated carbocycles. The number of rotatable bonds is 2. The number of nitrogens with zero attached hydrogens (tertiary/aromatic N) is 1. The van der Waals surface area contributed by atoms with Crippen LogP contribution < -0.4 is 0 Å². The Balaban J connectivity index is 2.36. The Morgan fingerprint density at radius 3 is 2.83 bits per heavy atom. The lowest BCUT2D eigenvalue weighted by atomic mass is 10.1. The Morgan fingerprint density at radius 2 is 2.42 bits per heavy atom. The Hall–Kier alpha value is -1.14. The first kappa shape index (κ1) is 7.51. The Labute approximate surface area is 74.4 Å². The van der Waals surface area contributed by atoms with Crippen LogP contribution in [0.15, 0.2) is 11.4 Å². The summed E-state index contributed by atoms with van der Waals surface area (Å²) in [5, 5.41) is 10.4. The maximum atomic E-state index is 10.7. The zero-order valence-electron chi connectivity index (χ0n) is 6.41. The van der Waals surface area contributed by atoms with Crippen molar-refractivity contribution >= 4 is 17.6 Å². The molecule has 0 amide bonds. The Morgan fingerprint density at radius 1 is 1.67 bits per heavy atom. The van der Waals surface area contributed by atoms with Gasteiger partial charge in [0.2, 0.25) is 0 Å². The molecule has 60 valence electrons. The number of carbonyl (C=O) groups is 1. The molecule has 12 heavy (non-hydrogen) atoms. The first-order valence-electron chi connectivity index (χ1n) is 3.76. The molecule has 2 rings (SSSR count). The van der Waals surface area contributed by atoms with Gasteiger partial charge in [-0.15, -0.1) is 11.3 Å². The summed E-state index contributed by atoms with van der Waals surface area (Å²) in [7, 11) is 0. The number of thiophene rings is 1. The molecule has 1 heterocycles. The van der Waals surface area contributed by atoms with E-state index < -0.39 is 0 Å². The van der Waals surface area contributed by atoms with Crippen LogP contribution in [0.1, 0.15) is 23.3 Å². The van der Waals surface area contributed by atoms with E-state index in [-0.39, 0.29) is 5.41 Å². The topological polar surface area (TPSA) is 40.9 Å². The van der Waals surface area contributed by atoms with E-state index in [4.69, 9.17) is 5.26 Å². The van der Waals surface area contributed by atoms with Crippen molar-refractivity contribution in [3.8, 4) is 6.07 Å². The molecule has 0 saturated heterocycles. The highest BCUT2D eigenvalue weighted by molar-refractivity contribution is 7.10. The van der Waals surface area contributed by atoms with E-state index in [0.717, 1.165) is 24.0 Å². The van der Waals surface area contributed by atoms with Gasteiger partial charge in [0.05, 0.1) is 11.0 Å². The zero-order chi connectivity index (χ0) is 8.60. The molecule has 2 nitrogen and oxygen atoms in total. The minimum atomic E-state index is -0.209. The maximum Gasteiger partial charge on any atom is 0.131 e. The highest BCUT2D eigenvalue weighted by atomic mass is 32.1. The van der Waals surface area contributed by atoms with Crippen molar-refractivity contribution in [3.05, 3.63) is 21.9 Å². The second-order valence-corrected chi connectivity index (χ2v) is 4.00. The molecule has 0 radical (unpaired) electrons. The fourth-order valence-corrected chi connectivity index (χ4v) is 2.27. The van der Waals surface area contributed by atoms with E-state index in [1.54, 1.807) is 5.38 Å². The van der Waals surface area contributed by atoms with Crippen molar-refractivity contribution in [3.63, 3.8) is 0 Å². The minimum Gasteiger partial charge on any atom is -0.302 e. The highest BCUT2D eigenvalue weighted by Gasteiger charge is 2.45. The van der Waals surface area contributed by atoms with Crippen LogP contribution >= 0.6 is 11.3 Å². The van der Waals surface area contributed by atoms with Crippen LogP contribution in [0.2, 0.25) is 0 Å². The molecule has 0 atom stereocenters. The highest BCUT2D eigenvalue weighted by Crippen LogP contribution is 2.48. The number of aldehydes is 1. The van der Waals surface area contributed by atoms with Gasteiger partial charge in [0.15, 0.2) is 0 Å². The van der Waals surface area contributed by atoms with Gasteiger partial charge in [-0.2, -0.15) is 5.26 Å². The van der Waals surface area contributed by atoms with Gasteiger partial charge in [-0.05, 0) is 18.9 Å². The van der Waals surface area contributed by atoms with Crippen LogP contribution in [0.3, 0.4) is 0 Å². The van der Waals surface area contributed by atoms with Crippen LogP contribution in [0.5, 0.6) is 0 Å². The molecular formula is C9H7NOS. The lowest BCUT2D eigenvalue weighted by Crippen LogP contribution is -2.04. The van der Waals surface area contributed by atoms with E-state index >= 15 is 0 Å². The average Bonchev–Trinajstić information content (AvgIpc) is 2.77. The van der Waals surface area contributed by atoms with Crippen LogP contribution in [-0.2, 0) is 10.2 Å².